The van der Waals surface area contributed by atoms with Crippen molar-refractivity contribution in [1.82, 2.24) is 78.4 Å². The van der Waals surface area contributed by atoms with Crippen molar-refractivity contribution in [1.29, 1.82) is 0 Å². The van der Waals surface area contributed by atoms with Crippen LogP contribution in [0.1, 0.15) is 0 Å². The van der Waals surface area contributed by atoms with Gasteiger partial charge in [-0.2, -0.15) is 0 Å². The van der Waals surface area contributed by atoms with Crippen molar-refractivity contribution in [2.75, 3.05) is 109 Å². The van der Waals surface area contributed by atoms with Gasteiger partial charge in [0.05, 0.1) is 26.2 Å². The number of rotatable bonds is 8. The fraction of sp³-hybridized carbons (Fsp3) is 0.600. The van der Waals surface area contributed by atoms with Gasteiger partial charge in [0.2, 0.25) is 0 Å². The van der Waals surface area contributed by atoms with Gasteiger partial charge in [-0.3, -0.25) is 39.2 Å². The summed E-state index contributed by atoms with van der Waals surface area (Å²) in [5.41, 5.74) is 0. The maximum Gasteiger partial charge on any atom is 0.326 e. The first-order valence-corrected chi connectivity index (χ1v) is 21.4. The molecule has 9 saturated heterocycles. The Morgan fingerprint density at radius 2 is 0.484 bits per heavy atom. The molecular formula is C40H60N20O4. The van der Waals surface area contributed by atoms with E-state index in [4.69, 9.17) is 20.0 Å². The lowest BCUT2D eigenvalue weighted by atomic mass is 10.3. The van der Waals surface area contributed by atoms with Crippen molar-refractivity contribution >= 4 is 48.0 Å². The zero-order chi connectivity index (χ0) is 45.8. The Labute approximate surface area is 374 Å². The van der Waals surface area contributed by atoms with E-state index in [1.165, 1.54) is 0 Å². The van der Waals surface area contributed by atoms with Crippen molar-refractivity contribution < 1.29 is 19.2 Å². The van der Waals surface area contributed by atoms with Crippen molar-refractivity contribution in [2.45, 2.75) is 49.3 Å². The fourth-order valence-electron chi connectivity index (χ4n) is 11.4. The van der Waals surface area contributed by atoms with E-state index in [9.17, 15) is 0 Å². The molecular weight excluding hydrogens is 825 g/mol. The van der Waals surface area contributed by atoms with E-state index < -0.39 is 49.3 Å². The van der Waals surface area contributed by atoms with Gasteiger partial charge in [-0.1, -0.05) is 24.3 Å². The Bertz CT molecular complexity index is 1760. The molecule has 9 fully saturated rings. The topological polar surface area (TPSA) is 170 Å². The Kier molecular flexibility index (Phi) is 10.2. The molecule has 24 nitrogen and oxygen atoms in total. The first kappa shape index (κ1) is 42.4. The highest BCUT2D eigenvalue weighted by Crippen LogP contribution is 2.43. The summed E-state index contributed by atoms with van der Waals surface area (Å²) in [5.74, 6) is 2.52. The Balaban J connectivity index is 1.22. The Morgan fingerprint density at radius 1 is 0.344 bits per heavy atom. The Hall–Kier alpha value is -6.88. The molecule has 0 aromatic carbocycles. The molecule has 8 atom stereocenters. The van der Waals surface area contributed by atoms with Gasteiger partial charge >= 0.3 is 24.1 Å². The second kappa shape index (κ2) is 15.4. The van der Waals surface area contributed by atoms with Crippen LogP contribution in [-0.4, -0.2) is 285 Å². The predicted octanol–water partition coefficient (Wildman–Crippen LogP) is -0.934. The largest absolute Gasteiger partial charge is 0.326 e. The molecule has 8 amide bonds. The smallest absolute Gasteiger partial charge is 0.321 e. The zero-order valence-corrected chi connectivity index (χ0v) is 38.0. The van der Waals surface area contributed by atoms with E-state index in [2.05, 4.69) is 26.3 Å². The molecule has 8 bridgehead atoms. The van der Waals surface area contributed by atoms with Crippen molar-refractivity contribution in [3.05, 3.63) is 50.6 Å². The van der Waals surface area contributed by atoms with E-state index in [0.717, 1.165) is 0 Å². The minimum atomic E-state index is -0.613. The van der Waals surface area contributed by atoms with Crippen molar-refractivity contribution in [3.63, 3.8) is 0 Å². The molecule has 0 spiro atoms. The average molecular weight is 885 g/mol. The summed E-state index contributed by atoms with van der Waals surface area (Å²) in [4.78, 5) is 109. The molecule has 0 aliphatic carbocycles. The molecule has 64 heavy (non-hydrogen) atoms. The summed E-state index contributed by atoms with van der Waals surface area (Å²) < 4.78 is 0. The van der Waals surface area contributed by atoms with Crippen LogP contribution in [0.3, 0.4) is 0 Å². The summed E-state index contributed by atoms with van der Waals surface area (Å²) in [5, 5.41) is 0. The molecule has 8 unspecified atom stereocenters. The summed E-state index contributed by atoms with van der Waals surface area (Å²) in [6, 6.07) is -1.43. The van der Waals surface area contributed by atoms with Crippen LogP contribution in [0.4, 0.5) is 19.2 Å². The van der Waals surface area contributed by atoms with Crippen LogP contribution < -0.4 is 0 Å². The van der Waals surface area contributed by atoms with Gasteiger partial charge in [-0.15, -0.1) is 26.3 Å². The third-order valence-corrected chi connectivity index (χ3v) is 14.0. The highest BCUT2D eigenvalue weighted by Gasteiger charge is 2.66. The summed E-state index contributed by atoms with van der Waals surface area (Å²) in [6.45, 7) is 16.4. The summed E-state index contributed by atoms with van der Waals surface area (Å²) >= 11 is 0. The quantitative estimate of drug-likeness (QED) is 0.275. The summed E-state index contributed by atoms with van der Waals surface area (Å²) in [7, 11) is 15.1. The van der Waals surface area contributed by atoms with Gasteiger partial charge in [0.15, 0.2) is 23.8 Å². The van der Waals surface area contributed by atoms with Crippen molar-refractivity contribution in [3.8, 4) is 0 Å². The average Bonchev–Trinajstić information content (AvgIpc) is 4.09. The van der Waals surface area contributed by atoms with Crippen LogP contribution in [0, 0.1) is 0 Å². The molecule has 0 saturated carbocycles. The third-order valence-electron chi connectivity index (χ3n) is 14.0. The molecule has 0 N–H and O–H groups in total. The number of carbonyl (C=O) groups is 4. The third kappa shape index (κ3) is 5.64. The molecule has 0 aromatic heterocycles. The minimum Gasteiger partial charge on any atom is -0.321 e. The van der Waals surface area contributed by atoms with Gasteiger partial charge in [-0.25, -0.2) is 39.1 Å². The van der Waals surface area contributed by atoms with E-state index >= 15 is 19.2 Å². The highest BCUT2D eigenvalue weighted by molar-refractivity contribution is 5.92. The number of carbonyl (C=O) groups excluding carboxylic acids is 4. The number of likely N-dealkylation sites (N-methyl/N-ethyl adjacent to an activating group) is 8. The zero-order valence-electron chi connectivity index (χ0n) is 38.0. The van der Waals surface area contributed by atoms with Gasteiger partial charge in [0.1, 0.15) is 76.0 Å². The fourth-order valence-corrected chi connectivity index (χ4v) is 11.4. The molecule has 9 rings (SSSR count). The van der Waals surface area contributed by atoms with Gasteiger partial charge in [0, 0.05) is 56.4 Å². The molecule has 9 aliphatic rings. The number of hydrogen-bond acceptors (Lipinski definition) is 8. The molecule has 24 heteroatoms. The number of amides is 8. The Morgan fingerprint density at radius 3 is 0.609 bits per heavy atom. The van der Waals surface area contributed by atoms with E-state index in [0.29, 0.717) is 50.0 Å². The van der Waals surface area contributed by atoms with Crippen molar-refractivity contribution in [2.24, 2.45) is 20.0 Å². The maximum absolute atomic E-state index is 15.3. The van der Waals surface area contributed by atoms with E-state index in [1.54, 1.807) is 63.5 Å². The number of hydrogen-bond donors (Lipinski definition) is 0. The highest BCUT2D eigenvalue weighted by atomic mass is 16.2. The molecule has 9 heterocycles. The molecule has 344 valence electrons. The van der Waals surface area contributed by atoms with E-state index in [1.807, 2.05) is 95.6 Å². The monoisotopic (exact) mass is 885 g/mol. The molecule has 9 aliphatic heterocycles. The van der Waals surface area contributed by atoms with Crippen LogP contribution in [0.15, 0.2) is 70.6 Å². The lowest BCUT2D eigenvalue weighted by Crippen LogP contribution is -2.56. The van der Waals surface area contributed by atoms with Crippen LogP contribution in [0.25, 0.3) is 0 Å². The SMILES string of the molecule is C=CCN=C1N(C)C2C(N1C)N1CN3C(=O)N(CN4C(=O)N(CN5C(=O)N(CN2C1=O)C1C5N(C)C(=NCC=C)N1C)C1C4N(C)C(=NCC=C)N1C)C1C3N(C)C(=NCC=C)N1C. The lowest BCUT2D eigenvalue weighted by Gasteiger charge is -2.37. The number of nitrogens with zero attached hydrogens (tertiary/aromatic N) is 20. The molecule has 0 aromatic rings. The number of fused-ring (bicyclic) bond motifs is 20. The second-order valence-corrected chi connectivity index (χ2v) is 17.4. The number of guanidine groups is 4. The van der Waals surface area contributed by atoms with Gasteiger partial charge < -0.3 is 39.2 Å². The predicted molar refractivity (Wildman–Crippen MR) is 238 cm³/mol. The normalized spacial score (nSPS) is 30.9. The number of aliphatic imine (C=N–C) groups is 4. The molecule has 0 radical (unpaired) electrons. The van der Waals surface area contributed by atoms with Crippen LogP contribution in [-0.2, 0) is 0 Å². The van der Waals surface area contributed by atoms with Gasteiger partial charge in [0.25, 0.3) is 0 Å². The van der Waals surface area contributed by atoms with Gasteiger partial charge in [-0.05, 0) is 0 Å². The summed E-state index contributed by atoms with van der Waals surface area (Å²) in [6.07, 6.45) is 1.93. The van der Waals surface area contributed by atoms with Crippen LogP contribution in [0.2, 0.25) is 0 Å². The minimum absolute atomic E-state index is 0.118. The van der Waals surface area contributed by atoms with Crippen LogP contribution in [0.5, 0.6) is 0 Å². The van der Waals surface area contributed by atoms with Crippen LogP contribution >= 0.6 is 0 Å². The maximum atomic E-state index is 15.3. The van der Waals surface area contributed by atoms with E-state index in [-0.39, 0.29) is 50.8 Å². The standard InChI is InChI=1S/C40H60N20O4/c1-13-17-41-33-45(5)25-26(46(33)6)54-22-56-28-30(50(10)35(48(28)8)43-19-15-3)58(39(56)63)24-60-32-31(51(11)36(52(32)12)44-20-16-4)59(40(60)64)23-57-29-27(47(7)34(49(29)9)42-18-14-2)55(38(57)62)21-53(25)37(54)61/h13-16,25-32H,1-4,17-24H2,5-12H3. The second-order valence-electron chi connectivity index (χ2n) is 17.4. The lowest BCUT2D eigenvalue weighted by molar-refractivity contribution is 0.0596. The first-order valence-electron chi connectivity index (χ1n) is 21.4. The number of urea groups is 4. The first-order chi connectivity index (χ1) is 30.7.